The number of hydrogen-bond acceptors (Lipinski definition) is 11. The molecule has 0 aliphatic carbocycles. The van der Waals surface area contributed by atoms with E-state index in [1.165, 1.54) is 105 Å². The predicted octanol–water partition coefficient (Wildman–Crippen LogP) is 21.1. The number of phenols is 4. The number of aliphatic imine (C=N–C) groups is 2. The summed E-state index contributed by atoms with van der Waals surface area (Å²) in [4.78, 5) is 18.5. The Morgan fingerprint density at radius 3 is 0.800 bits per heavy atom. The zero-order chi connectivity index (χ0) is 90.2. The van der Waals surface area contributed by atoms with Crippen molar-refractivity contribution in [3.63, 3.8) is 0 Å². The number of anilines is 4. The quantitative estimate of drug-likeness (QED) is 0.0362. The standard InChI is InChI=1S/2C21H27N2.C18H15P.2C15H15NO.2C7H6O.C5H11O.ClH.K.2Ru/c2*1-14-9-16(3)20(17(4)10-14)22-7-8-23(13-22)21-18(5)11-15(2)12-19(21)6;1-4-10-16(11-5-1)19(17-12-6-2-7-13-17)18-14-8-3-9-15-18;2*1-11-6-5-7-12(2)15(11)16-10-13-8-3-4-9-14(13)17;2*1-6-4-2-3-5-7(6)8;1-4-5(2,3)6;;;;/h2*9-13H,7-8H2,1-6H3;1-15H;2*3-10,17H,1-2H3;2*1-5,8H;4H2,1-3H3;1H;;;/q2*-1;;;;;;-1;;3*+1. The second-order valence-corrected chi connectivity index (χ2v) is 36.9. The Morgan fingerprint density at radius 1 is 0.360 bits per heavy atom. The van der Waals surface area contributed by atoms with Crippen molar-refractivity contribution in [3.05, 3.63) is 398 Å². The Kier molecular flexibility index (Phi) is 42.5. The van der Waals surface area contributed by atoms with Crippen LogP contribution in [0.15, 0.2) is 283 Å². The van der Waals surface area contributed by atoms with E-state index in [0.29, 0.717) is 17.9 Å². The third-order valence-electron chi connectivity index (χ3n) is 21.0. The van der Waals surface area contributed by atoms with Crippen molar-refractivity contribution < 1.29 is 110 Å². The van der Waals surface area contributed by atoms with Gasteiger partial charge in [0.25, 0.3) is 0 Å². The Labute approximate surface area is 811 Å². The third kappa shape index (κ3) is 31.7. The Bertz CT molecular complexity index is 5140. The van der Waals surface area contributed by atoms with Crippen LogP contribution in [-0.4, -0.2) is 73.9 Å². The molecule has 0 atom stereocenters. The first-order valence-electron chi connectivity index (χ1n) is 41.9. The molecule has 15 rings (SSSR count). The summed E-state index contributed by atoms with van der Waals surface area (Å²) in [6.45, 7) is 48.5. The van der Waals surface area contributed by atoms with Crippen molar-refractivity contribution in [1.82, 2.24) is 0 Å². The van der Waals surface area contributed by atoms with E-state index in [0.717, 1.165) is 82.1 Å². The number of hydrogen-bond donors (Lipinski definition) is 4. The molecule has 13 aromatic rings. The van der Waals surface area contributed by atoms with E-state index < -0.39 is 13.5 Å². The first kappa shape index (κ1) is 103. The van der Waals surface area contributed by atoms with Crippen LogP contribution < -0.4 is 92.0 Å². The molecule has 2 saturated heterocycles. The second-order valence-electron chi connectivity index (χ2n) is 32.1. The van der Waals surface area contributed by atoms with Gasteiger partial charge in [-0.2, -0.15) is 13.3 Å². The SMILES string of the molecule is CCC(C)(C)[O-].Cc1cc(C)c(N2[CH-]N(c3c(C)cc(C)cc3C)CC2)c(C)c1.Cc1cc(C)c(N2[CH-]N(c3c(C)cc(C)cc3C)CC2)c(C)c1.Cc1cccc(C)c1N=Cc1ccccc1O.Cc1cccc(C)c1N=Cc1ccccc1O.Oc1ccccc1[CH]=[Ru+].Oc1ccccc1[CH]=[Ru][Cl].[K+].c1ccc([PH+](c2ccccc2)c2ccccc2)cc1. The minimum atomic E-state index is -0.877. The van der Waals surface area contributed by atoms with Crippen molar-refractivity contribution in [3.8, 4) is 23.0 Å². The summed E-state index contributed by atoms with van der Waals surface area (Å²) in [7, 11) is 4.65. The van der Waals surface area contributed by atoms with E-state index in [1.54, 1.807) is 79.4 Å². The third-order valence-corrected chi connectivity index (χ3v) is 25.5. The van der Waals surface area contributed by atoms with Gasteiger partial charge < -0.3 is 34.9 Å². The maximum Gasteiger partial charge on any atom is 1.00 e. The maximum atomic E-state index is 10.5. The van der Waals surface area contributed by atoms with Crippen molar-refractivity contribution in [2.75, 3.05) is 45.8 Å². The smallest absolute Gasteiger partial charge is 0.0620 e. The Balaban J connectivity index is 0.000000201. The summed E-state index contributed by atoms with van der Waals surface area (Å²) in [6, 6.07) is 91.6. The van der Waals surface area contributed by atoms with Crippen molar-refractivity contribution in [2.45, 2.75) is 144 Å². The van der Waals surface area contributed by atoms with Crippen molar-refractivity contribution in [2.24, 2.45) is 9.98 Å². The molecular weight excluding hydrogens is 1780 g/mol. The molecule has 0 radical (unpaired) electrons. The molecule has 11 nitrogen and oxygen atoms in total. The van der Waals surface area contributed by atoms with Crippen LogP contribution >= 0.6 is 17.6 Å². The van der Waals surface area contributed by atoms with E-state index in [1.807, 2.05) is 124 Å². The number of para-hydroxylation sites is 6. The zero-order valence-electron chi connectivity index (χ0n) is 76.4. The zero-order valence-corrected chi connectivity index (χ0v) is 84.8. The fraction of sp³-hybridized carbons (Fsp3) is 0.229. The second kappa shape index (κ2) is 51.6. The minimum Gasteiger partial charge on any atom is -0.0620 e. The topological polar surface area (TPSA) is 142 Å². The number of rotatable bonds is 14. The van der Waals surface area contributed by atoms with E-state index in [-0.39, 0.29) is 78.6 Å². The number of nitrogens with zero attached hydrogens (tertiary/aromatic N) is 6. The van der Waals surface area contributed by atoms with Crippen LogP contribution in [0.25, 0.3) is 0 Å². The van der Waals surface area contributed by atoms with Gasteiger partial charge in [0.05, 0.1) is 19.3 Å². The minimum absolute atomic E-state index is 0. The number of halogens is 1. The molecule has 2 fully saturated rings. The molecule has 0 aromatic heterocycles. The Morgan fingerprint density at radius 2 is 0.584 bits per heavy atom. The van der Waals surface area contributed by atoms with Gasteiger partial charge in [0.1, 0.15) is 27.4 Å². The molecule has 0 spiro atoms. The maximum absolute atomic E-state index is 10.5. The van der Waals surface area contributed by atoms with Crippen LogP contribution in [0.1, 0.15) is 138 Å². The largest absolute Gasteiger partial charge is 1.00 e. The van der Waals surface area contributed by atoms with Gasteiger partial charge in [-0.25, -0.2) is 0 Å². The summed E-state index contributed by atoms with van der Waals surface area (Å²) in [6.07, 6.45) is 4.11. The van der Waals surface area contributed by atoms with Crippen LogP contribution in [0.3, 0.4) is 0 Å². The first-order chi connectivity index (χ1) is 59.3. The molecule has 2 aliphatic heterocycles. The molecule has 0 amide bonds. The fourth-order valence-electron chi connectivity index (χ4n) is 15.2. The van der Waals surface area contributed by atoms with Gasteiger partial charge >= 0.3 is 185 Å². The van der Waals surface area contributed by atoms with Crippen LogP contribution in [-0.2, 0) is 33.5 Å². The summed E-state index contributed by atoms with van der Waals surface area (Å²) < 4.78 is 3.65. The van der Waals surface area contributed by atoms with Gasteiger partial charge in [0.15, 0.2) is 0 Å². The van der Waals surface area contributed by atoms with Crippen LogP contribution in [0, 0.1) is 124 Å². The number of aromatic hydroxyl groups is 4. The normalized spacial score (nSPS) is 12.1. The van der Waals surface area contributed by atoms with Crippen molar-refractivity contribution >= 4 is 89.3 Å². The number of phenolic OH excluding ortho intramolecular Hbond substituents is 4. The molecule has 13 aromatic carbocycles. The molecule has 2 heterocycles. The van der Waals surface area contributed by atoms with Crippen LogP contribution in [0.2, 0.25) is 0 Å². The average molecular weight is 1900 g/mol. The van der Waals surface area contributed by atoms with E-state index >= 15 is 0 Å². The first-order valence-corrected chi connectivity index (χ1v) is 47.7. The van der Waals surface area contributed by atoms with Crippen LogP contribution in [0.4, 0.5) is 34.1 Å². The van der Waals surface area contributed by atoms with Gasteiger partial charge in [-0.15, -0.1) is 5.60 Å². The monoisotopic (exact) mass is 1900 g/mol. The molecule has 0 bridgehead atoms. The van der Waals surface area contributed by atoms with E-state index in [4.69, 9.17) is 19.9 Å². The fourth-order valence-corrected chi connectivity index (χ4v) is 19.3. The van der Waals surface area contributed by atoms with Gasteiger partial charge in [-0.3, -0.25) is 9.98 Å². The number of aryl methyl sites for hydroxylation is 16. The molecule has 125 heavy (non-hydrogen) atoms. The molecule has 0 unspecified atom stereocenters. The number of benzene rings is 13. The predicted molar refractivity (Wildman–Crippen MR) is 526 cm³/mol. The molecule has 648 valence electrons. The summed E-state index contributed by atoms with van der Waals surface area (Å²) >= 11 is 2.11. The van der Waals surface area contributed by atoms with Crippen LogP contribution in [0.5, 0.6) is 23.0 Å². The van der Waals surface area contributed by atoms with E-state index in [2.05, 4.69) is 283 Å². The van der Waals surface area contributed by atoms with Gasteiger partial charge in [0.2, 0.25) is 0 Å². The average Bonchev–Trinajstić information content (AvgIpc) is 1.66. The summed E-state index contributed by atoms with van der Waals surface area (Å²) in [5, 5.41) is 52.3. The molecular formula is C109H123ClKN6O5PRu2. The van der Waals surface area contributed by atoms with Gasteiger partial charge in [-0.05, 0) is 238 Å². The molecule has 2 aliphatic rings. The Hall–Kier alpha value is -9.10. The van der Waals surface area contributed by atoms with Gasteiger partial charge in [-0.1, -0.05) is 213 Å². The summed E-state index contributed by atoms with van der Waals surface area (Å²) in [5.74, 6) is 1.14. The van der Waals surface area contributed by atoms with Crippen molar-refractivity contribution in [1.29, 1.82) is 0 Å². The molecule has 0 saturated carbocycles. The van der Waals surface area contributed by atoms with E-state index in [9.17, 15) is 15.3 Å². The summed E-state index contributed by atoms with van der Waals surface area (Å²) in [5.41, 5.74) is 30.6. The molecule has 16 heteroatoms. The molecule has 4 N–H and O–H groups in total. The van der Waals surface area contributed by atoms with Gasteiger partial charge in [0, 0.05) is 72.5 Å².